The highest BCUT2D eigenvalue weighted by atomic mass is 35.5. The van der Waals surface area contributed by atoms with Crippen LogP contribution < -0.4 is 0 Å². The molecule has 108 valence electrons. The van der Waals surface area contributed by atoms with E-state index in [0.717, 1.165) is 17.7 Å². The van der Waals surface area contributed by atoms with Crippen LogP contribution in [0.4, 0.5) is 0 Å². The Morgan fingerprint density at radius 1 is 1.42 bits per heavy atom. The van der Waals surface area contributed by atoms with Crippen LogP contribution in [0.1, 0.15) is 31.6 Å². The zero-order valence-electron chi connectivity index (χ0n) is 11.3. The van der Waals surface area contributed by atoms with E-state index in [1.807, 2.05) is 0 Å². The highest BCUT2D eigenvalue weighted by Gasteiger charge is 2.30. The van der Waals surface area contributed by atoms with E-state index in [0.29, 0.717) is 35.7 Å². The van der Waals surface area contributed by atoms with Gasteiger partial charge in [0.2, 0.25) is 10.0 Å². The standard InChI is InChI=1S/C13H20ClNO2S2/c1-10(2)11-3-5-15(6-4-11)19(16,17)13-7-12(8-14)18-9-13/h7,9-11H,3-6,8H2,1-2H3. The van der Waals surface area contributed by atoms with E-state index >= 15 is 0 Å². The molecule has 2 heterocycles. The molecule has 0 radical (unpaired) electrons. The van der Waals surface area contributed by atoms with E-state index in [4.69, 9.17) is 11.6 Å². The first kappa shape index (κ1) is 15.3. The van der Waals surface area contributed by atoms with Crippen LogP contribution in [0, 0.1) is 11.8 Å². The highest BCUT2D eigenvalue weighted by Crippen LogP contribution is 2.29. The molecule has 0 aromatic carbocycles. The Kier molecular flexibility index (Phi) is 4.93. The van der Waals surface area contributed by atoms with Gasteiger partial charge < -0.3 is 0 Å². The first-order valence-corrected chi connectivity index (χ1v) is 9.44. The molecule has 0 atom stereocenters. The van der Waals surface area contributed by atoms with Crippen LogP contribution >= 0.6 is 22.9 Å². The number of sulfonamides is 1. The van der Waals surface area contributed by atoms with Gasteiger partial charge in [-0.05, 0) is 30.7 Å². The quantitative estimate of drug-likeness (QED) is 0.795. The van der Waals surface area contributed by atoms with E-state index in [9.17, 15) is 8.42 Å². The Labute approximate surface area is 124 Å². The number of hydrogen-bond acceptors (Lipinski definition) is 3. The van der Waals surface area contributed by atoms with Crippen LogP contribution in [-0.4, -0.2) is 25.8 Å². The van der Waals surface area contributed by atoms with Gasteiger partial charge in [-0.1, -0.05) is 13.8 Å². The molecule has 0 spiro atoms. The molecule has 1 aliphatic heterocycles. The molecule has 1 aromatic heterocycles. The third-order valence-electron chi connectivity index (χ3n) is 3.84. The lowest BCUT2D eigenvalue weighted by atomic mass is 9.87. The second-order valence-electron chi connectivity index (χ2n) is 5.37. The minimum atomic E-state index is -3.32. The van der Waals surface area contributed by atoms with Gasteiger partial charge >= 0.3 is 0 Å². The van der Waals surface area contributed by atoms with Crippen molar-refractivity contribution in [2.75, 3.05) is 13.1 Å². The van der Waals surface area contributed by atoms with Gasteiger partial charge in [-0.15, -0.1) is 22.9 Å². The van der Waals surface area contributed by atoms with E-state index in [1.54, 1.807) is 15.8 Å². The second kappa shape index (κ2) is 6.12. The molecule has 2 rings (SSSR count). The fourth-order valence-corrected chi connectivity index (χ4v) is 5.34. The molecule has 0 N–H and O–H groups in total. The van der Waals surface area contributed by atoms with Crippen LogP contribution in [0.5, 0.6) is 0 Å². The maximum Gasteiger partial charge on any atom is 0.243 e. The van der Waals surface area contributed by atoms with Crippen LogP contribution in [0.3, 0.4) is 0 Å². The summed E-state index contributed by atoms with van der Waals surface area (Å²) in [6, 6.07) is 1.70. The van der Waals surface area contributed by atoms with E-state index in [-0.39, 0.29) is 0 Å². The third kappa shape index (κ3) is 3.32. The van der Waals surface area contributed by atoms with Crippen molar-refractivity contribution in [2.24, 2.45) is 11.8 Å². The van der Waals surface area contributed by atoms with Crippen molar-refractivity contribution < 1.29 is 8.42 Å². The molecule has 3 nitrogen and oxygen atoms in total. The summed E-state index contributed by atoms with van der Waals surface area (Å²) >= 11 is 7.14. The molecule has 0 bridgehead atoms. The Morgan fingerprint density at radius 3 is 2.53 bits per heavy atom. The lowest BCUT2D eigenvalue weighted by molar-refractivity contribution is 0.226. The molecule has 1 saturated heterocycles. The minimum Gasteiger partial charge on any atom is -0.207 e. The molecule has 0 saturated carbocycles. The lowest BCUT2D eigenvalue weighted by Crippen LogP contribution is -2.39. The third-order valence-corrected chi connectivity index (χ3v) is 7.25. The fourth-order valence-electron chi connectivity index (χ4n) is 2.50. The highest BCUT2D eigenvalue weighted by molar-refractivity contribution is 7.89. The minimum absolute atomic E-state index is 0.371. The number of nitrogens with zero attached hydrogens (tertiary/aromatic N) is 1. The van der Waals surface area contributed by atoms with Crippen LogP contribution in [-0.2, 0) is 15.9 Å². The van der Waals surface area contributed by atoms with E-state index in [1.165, 1.54) is 11.3 Å². The maximum absolute atomic E-state index is 12.5. The van der Waals surface area contributed by atoms with Gasteiger partial charge in [0.1, 0.15) is 0 Å². The van der Waals surface area contributed by atoms with Crippen molar-refractivity contribution in [3.05, 3.63) is 16.3 Å². The first-order valence-electron chi connectivity index (χ1n) is 6.58. The summed E-state index contributed by atoms with van der Waals surface area (Å²) in [5, 5.41) is 1.70. The van der Waals surface area contributed by atoms with Gasteiger partial charge in [-0.2, -0.15) is 4.31 Å². The fraction of sp³-hybridized carbons (Fsp3) is 0.692. The number of halogens is 1. The molecule has 0 amide bonds. The van der Waals surface area contributed by atoms with E-state index in [2.05, 4.69) is 13.8 Å². The number of thiophene rings is 1. The second-order valence-corrected chi connectivity index (χ2v) is 8.57. The van der Waals surface area contributed by atoms with E-state index < -0.39 is 10.0 Å². The largest absolute Gasteiger partial charge is 0.243 e. The predicted molar refractivity (Wildman–Crippen MR) is 80.2 cm³/mol. The van der Waals surface area contributed by atoms with Gasteiger partial charge in [0.25, 0.3) is 0 Å². The zero-order chi connectivity index (χ0) is 14.0. The van der Waals surface area contributed by atoms with Crippen molar-refractivity contribution in [1.82, 2.24) is 4.31 Å². The summed E-state index contributed by atoms with van der Waals surface area (Å²) in [4.78, 5) is 1.30. The predicted octanol–water partition coefficient (Wildman–Crippen LogP) is 3.54. The van der Waals surface area contributed by atoms with Crippen molar-refractivity contribution in [3.8, 4) is 0 Å². The normalized spacial score (nSPS) is 19.2. The zero-order valence-corrected chi connectivity index (χ0v) is 13.7. The SMILES string of the molecule is CC(C)C1CCN(S(=O)(=O)c2csc(CCl)c2)CC1. The van der Waals surface area contributed by atoms with Gasteiger partial charge in [-0.25, -0.2) is 8.42 Å². The summed E-state index contributed by atoms with van der Waals surface area (Å²) in [6.07, 6.45) is 1.92. The van der Waals surface area contributed by atoms with Gasteiger partial charge in [0, 0.05) is 23.3 Å². The Balaban J connectivity index is 2.09. The Hall–Kier alpha value is -0.100. The molecule has 6 heteroatoms. The summed E-state index contributed by atoms with van der Waals surface area (Å²) in [6.45, 7) is 5.69. The monoisotopic (exact) mass is 321 g/mol. The lowest BCUT2D eigenvalue weighted by Gasteiger charge is -2.32. The smallest absolute Gasteiger partial charge is 0.207 e. The molecule has 1 aromatic rings. The maximum atomic E-state index is 12.5. The first-order chi connectivity index (χ1) is 8.95. The molecular formula is C13H20ClNO2S2. The van der Waals surface area contributed by atoms with Gasteiger partial charge in [0.05, 0.1) is 10.8 Å². The average Bonchev–Trinajstić information content (AvgIpc) is 2.88. The molecule has 0 unspecified atom stereocenters. The van der Waals surface area contributed by atoms with Crippen molar-refractivity contribution >= 4 is 33.0 Å². The molecule has 0 aliphatic carbocycles. The Bertz CT molecular complexity index is 517. The van der Waals surface area contributed by atoms with Crippen molar-refractivity contribution in [2.45, 2.75) is 37.5 Å². The Morgan fingerprint density at radius 2 is 2.05 bits per heavy atom. The number of alkyl halides is 1. The summed E-state index contributed by atoms with van der Waals surface area (Å²) in [5.41, 5.74) is 0. The topological polar surface area (TPSA) is 37.4 Å². The molecule has 1 fully saturated rings. The summed E-state index contributed by atoms with van der Waals surface area (Å²) < 4.78 is 26.6. The molecular weight excluding hydrogens is 302 g/mol. The van der Waals surface area contributed by atoms with Crippen LogP contribution in [0.2, 0.25) is 0 Å². The number of piperidine rings is 1. The van der Waals surface area contributed by atoms with Crippen molar-refractivity contribution in [3.63, 3.8) is 0 Å². The summed E-state index contributed by atoms with van der Waals surface area (Å²) in [7, 11) is -3.32. The van der Waals surface area contributed by atoms with Crippen LogP contribution in [0.25, 0.3) is 0 Å². The summed E-state index contributed by atoms with van der Waals surface area (Å²) in [5.74, 6) is 1.65. The molecule has 1 aliphatic rings. The van der Waals surface area contributed by atoms with Gasteiger partial charge in [0.15, 0.2) is 0 Å². The number of rotatable bonds is 4. The number of hydrogen-bond donors (Lipinski definition) is 0. The van der Waals surface area contributed by atoms with Crippen LogP contribution in [0.15, 0.2) is 16.3 Å². The van der Waals surface area contributed by atoms with Gasteiger partial charge in [-0.3, -0.25) is 0 Å². The average molecular weight is 322 g/mol. The van der Waals surface area contributed by atoms with Crippen molar-refractivity contribution in [1.29, 1.82) is 0 Å². The molecule has 19 heavy (non-hydrogen) atoms.